The van der Waals surface area contributed by atoms with Crippen LogP contribution in [0.25, 0.3) is 0 Å². The molecule has 1 heterocycles. The van der Waals surface area contributed by atoms with E-state index < -0.39 is 17.6 Å². The molecule has 1 atom stereocenters. The van der Waals surface area contributed by atoms with Gasteiger partial charge in [0, 0.05) is 25.0 Å². The highest BCUT2D eigenvalue weighted by atomic mass is 19.1. The van der Waals surface area contributed by atoms with Crippen LogP contribution in [0.2, 0.25) is 0 Å². The monoisotopic (exact) mass is 432 g/mol. The molecular weight excluding hydrogens is 399 g/mol. The van der Waals surface area contributed by atoms with Crippen LogP contribution in [0.5, 0.6) is 0 Å². The van der Waals surface area contributed by atoms with Gasteiger partial charge in [-0.2, -0.15) is 0 Å². The molecule has 1 aromatic heterocycles. The molecule has 0 aliphatic rings. The van der Waals surface area contributed by atoms with Crippen molar-refractivity contribution in [3.63, 3.8) is 0 Å². The maximum Gasteiger partial charge on any atom is 0.337 e. The van der Waals surface area contributed by atoms with Gasteiger partial charge in [0.2, 0.25) is 0 Å². The van der Waals surface area contributed by atoms with Crippen LogP contribution in [0, 0.1) is 6.92 Å². The Hall–Kier alpha value is -2.93. The van der Waals surface area contributed by atoms with Crippen LogP contribution >= 0.6 is 0 Å². The normalized spacial score (nSPS) is 14.5. The van der Waals surface area contributed by atoms with Gasteiger partial charge in [-0.05, 0) is 62.0 Å². The Morgan fingerprint density at radius 3 is 2.48 bits per heavy atom. The van der Waals surface area contributed by atoms with E-state index in [1.807, 2.05) is 26.1 Å². The second-order valence-corrected chi connectivity index (χ2v) is 7.30. The summed E-state index contributed by atoms with van der Waals surface area (Å²) in [6, 6.07) is 2.65. The number of pyridine rings is 1. The van der Waals surface area contributed by atoms with E-state index in [0.717, 1.165) is 41.2 Å². The van der Waals surface area contributed by atoms with Gasteiger partial charge in [0.05, 0.1) is 12.9 Å². The molecule has 0 saturated carbocycles. The molecule has 0 saturated heterocycles. The molecule has 7 heteroatoms. The van der Waals surface area contributed by atoms with Gasteiger partial charge in [0.1, 0.15) is 0 Å². The molecule has 0 radical (unpaired) electrons. The zero-order valence-corrected chi connectivity index (χ0v) is 18.9. The van der Waals surface area contributed by atoms with Crippen molar-refractivity contribution in [1.82, 2.24) is 9.88 Å². The van der Waals surface area contributed by atoms with Crippen molar-refractivity contribution in [2.24, 2.45) is 0 Å². The Bertz CT molecular complexity index is 955. The number of halogens is 1. The first kappa shape index (κ1) is 26.1. The summed E-state index contributed by atoms with van der Waals surface area (Å²) in [5.74, 6) is -1.41. The van der Waals surface area contributed by atoms with Crippen LogP contribution in [-0.4, -0.2) is 27.8 Å². The molecule has 0 aromatic carbocycles. The van der Waals surface area contributed by atoms with Gasteiger partial charge in [-0.1, -0.05) is 31.1 Å². The highest BCUT2D eigenvalue weighted by Crippen LogP contribution is 2.29. The van der Waals surface area contributed by atoms with Crippen molar-refractivity contribution in [2.45, 2.75) is 59.6 Å². The summed E-state index contributed by atoms with van der Waals surface area (Å²) < 4.78 is 14.3. The van der Waals surface area contributed by atoms with Crippen LogP contribution in [0.15, 0.2) is 63.9 Å². The first-order valence-corrected chi connectivity index (χ1v) is 10.3. The molecule has 0 amide bonds. The zero-order chi connectivity index (χ0) is 23.6. The third-order valence-corrected chi connectivity index (χ3v) is 5.13. The summed E-state index contributed by atoms with van der Waals surface area (Å²) in [7, 11) is 1.77. The first-order chi connectivity index (χ1) is 14.7. The number of nitrogens with zero attached hydrogens (tertiary/aromatic N) is 1. The van der Waals surface area contributed by atoms with Crippen molar-refractivity contribution < 1.29 is 19.4 Å². The van der Waals surface area contributed by atoms with Crippen molar-refractivity contribution in [1.29, 1.82) is 0 Å². The van der Waals surface area contributed by atoms with Crippen LogP contribution in [-0.2, 0) is 11.3 Å². The maximum atomic E-state index is 12.8. The Morgan fingerprint density at radius 1 is 1.32 bits per heavy atom. The lowest BCUT2D eigenvalue weighted by Gasteiger charge is -2.21. The number of nitrogens with one attached hydrogen (secondary N) is 1. The minimum Gasteiger partial charge on any atom is -0.479 e. The average molecular weight is 433 g/mol. The first-order valence-electron chi connectivity index (χ1n) is 10.3. The van der Waals surface area contributed by atoms with Crippen LogP contribution in [0.3, 0.4) is 0 Å². The molecular formula is C24H33FN2O4. The van der Waals surface area contributed by atoms with E-state index in [0.29, 0.717) is 18.4 Å². The number of hydrogen-bond acceptors (Lipinski definition) is 4. The third kappa shape index (κ3) is 7.07. The number of hydrogen-bond donors (Lipinski definition) is 3. The van der Waals surface area contributed by atoms with Gasteiger partial charge in [0.25, 0.3) is 5.56 Å². The molecule has 0 aliphatic carbocycles. The van der Waals surface area contributed by atoms with Crippen molar-refractivity contribution in [3.05, 3.63) is 80.7 Å². The standard InChI is InChI=1S/C24H33FN2O4/c1-6-9-21(20(10-8-11-25)16(3)7-2)19(14-26-5)15-27-17(4)12-18(13-22(27)28)23(29)24(30)31/h7-8,11-14,23,26,29H,6,9-10,15H2,1-5H3,(H,30,31)/b11-8+,16-7+,19-14-,21-20+. The topological polar surface area (TPSA) is 91.6 Å². The molecule has 3 N–H and O–H groups in total. The fourth-order valence-electron chi connectivity index (χ4n) is 3.44. The lowest BCUT2D eigenvalue weighted by molar-refractivity contribution is -0.146. The summed E-state index contributed by atoms with van der Waals surface area (Å²) in [5, 5.41) is 21.8. The van der Waals surface area contributed by atoms with Gasteiger partial charge in [-0.25, -0.2) is 9.18 Å². The number of aliphatic hydroxyl groups excluding tert-OH is 1. The molecule has 1 rings (SSSR count). The third-order valence-electron chi connectivity index (χ3n) is 5.13. The van der Waals surface area contributed by atoms with Gasteiger partial charge >= 0.3 is 5.97 Å². The number of rotatable bonds is 11. The Kier molecular flexibility index (Phi) is 10.7. The van der Waals surface area contributed by atoms with Crippen LogP contribution in [0.4, 0.5) is 4.39 Å². The molecule has 1 aromatic rings. The number of aromatic nitrogens is 1. The molecule has 1 unspecified atom stereocenters. The van der Waals surface area contributed by atoms with Gasteiger partial charge in [-0.3, -0.25) is 4.79 Å². The van der Waals surface area contributed by atoms with E-state index in [4.69, 9.17) is 5.11 Å². The molecule has 31 heavy (non-hydrogen) atoms. The number of carboxylic acid groups (broad SMARTS) is 1. The lowest BCUT2D eigenvalue weighted by Crippen LogP contribution is -2.26. The SMILES string of the molecule is C/C=C(C)/C(C/C=C/F)=C(CCC)/C(=C\NC)Cn1c(C)cc(C(O)C(=O)O)cc1=O. The second kappa shape index (κ2) is 12.7. The fraction of sp³-hybridized carbons (Fsp3) is 0.417. The smallest absolute Gasteiger partial charge is 0.337 e. The van der Waals surface area contributed by atoms with E-state index in [9.17, 15) is 19.1 Å². The Morgan fingerprint density at radius 2 is 2.00 bits per heavy atom. The molecule has 0 fully saturated rings. The molecule has 6 nitrogen and oxygen atoms in total. The van der Waals surface area contributed by atoms with Crippen molar-refractivity contribution in [2.75, 3.05) is 7.05 Å². The Balaban J connectivity index is 3.60. The van der Waals surface area contributed by atoms with Gasteiger partial charge in [-0.15, -0.1) is 0 Å². The van der Waals surface area contributed by atoms with E-state index in [-0.39, 0.29) is 12.1 Å². The number of carbonyl (C=O) groups is 1. The second-order valence-electron chi connectivity index (χ2n) is 7.30. The number of aryl methyl sites for hydroxylation is 1. The largest absolute Gasteiger partial charge is 0.479 e. The molecule has 0 aliphatic heterocycles. The van der Waals surface area contributed by atoms with E-state index >= 15 is 0 Å². The minimum atomic E-state index is -1.75. The summed E-state index contributed by atoms with van der Waals surface area (Å²) in [4.78, 5) is 23.8. The fourth-order valence-corrected chi connectivity index (χ4v) is 3.44. The number of carboxylic acids is 1. The van der Waals surface area contributed by atoms with Crippen LogP contribution < -0.4 is 10.9 Å². The van der Waals surface area contributed by atoms with Crippen LogP contribution in [0.1, 0.15) is 57.4 Å². The quantitative estimate of drug-likeness (QED) is 0.453. The van der Waals surface area contributed by atoms with Crippen molar-refractivity contribution in [3.8, 4) is 0 Å². The summed E-state index contributed by atoms with van der Waals surface area (Å²) in [5.41, 5.74) is 4.13. The summed E-state index contributed by atoms with van der Waals surface area (Å²) >= 11 is 0. The molecule has 0 bridgehead atoms. The Labute approximate surface area is 183 Å². The van der Waals surface area contributed by atoms with Gasteiger partial charge in [0.15, 0.2) is 6.10 Å². The maximum absolute atomic E-state index is 12.8. The highest BCUT2D eigenvalue weighted by Gasteiger charge is 2.19. The average Bonchev–Trinajstić information content (AvgIpc) is 2.73. The van der Waals surface area contributed by atoms with E-state index in [1.165, 1.54) is 16.7 Å². The summed E-state index contributed by atoms with van der Waals surface area (Å²) in [6.07, 6.45) is 6.11. The number of aliphatic carboxylic acids is 1. The zero-order valence-electron chi connectivity index (χ0n) is 18.9. The highest BCUT2D eigenvalue weighted by molar-refractivity contribution is 5.73. The number of allylic oxidation sites excluding steroid dienone is 6. The van der Waals surface area contributed by atoms with Gasteiger partial charge < -0.3 is 20.1 Å². The predicted molar refractivity (Wildman–Crippen MR) is 121 cm³/mol. The van der Waals surface area contributed by atoms with E-state index in [2.05, 4.69) is 12.2 Å². The lowest BCUT2D eigenvalue weighted by atomic mass is 9.90. The molecule has 170 valence electrons. The number of aliphatic hydroxyl groups is 1. The minimum absolute atomic E-state index is 0.0493. The van der Waals surface area contributed by atoms with Crippen molar-refractivity contribution >= 4 is 5.97 Å². The van der Waals surface area contributed by atoms with E-state index in [1.54, 1.807) is 14.0 Å². The predicted octanol–water partition coefficient (Wildman–Crippen LogP) is 4.31. The molecule has 0 spiro atoms. The summed E-state index contributed by atoms with van der Waals surface area (Å²) in [6.45, 7) is 7.92.